The maximum absolute atomic E-state index is 12.3. The fourth-order valence-corrected chi connectivity index (χ4v) is 2.89. The zero-order valence-corrected chi connectivity index (χ0v) is 13.3. The molecule has 2 rings (SSSR count). The molecule has 0 spiro atoms. The maximum atomic E-state index is 12.3. The molecule has 0 aliphatic carbocycles. The van der Waals surface area contributed by atoms with Gasteiger partial charge in [-0.15, -0.1) is 0 Å². The van der Waals surface area contributed by atoms with Crippen LogP contribution in [0.3, 0.4) is 0 Å². The Hall–Kier alpha value is -1.32. The lowest BCUT2D eigenvalue weighted by molar-refractivity contribution is -0.127. The number of carbonyl (C=O) groups excluding carboxylic acids is 1. The Morgan fingerprint density at radius 2 is 2.10 bits per heavy atom. The van der Waals surface area contributed by atoms with Gasteiger partial charge in [-0.3, -0.25) is 4.79 Å². The van der Waals surface area contributed by atoms with Crippen molar-refractivity contribution in [1.29, 1.82) is 0 Å². The topological polar surface area (TPSA) is 40.5 Å². The Kier molecular flexibility index (Phi) is 5.43. The Balaban J connectivity index is 1.99. The molecule has 21 heavy (non-hydrogen) atoms. The quantitative estimate of drug-likeness (QED) is 0.870. The maximum Gasteiger partial charge on any atom is 0.246 e. The first-order valence-electron chi connectivity index (χ1n) is 7.38. The molecular weight excluding hydrogens is 286 g/mol. The van der Waals surface area contributed by atoms with Crippen molar-refractivity contribution < 1.29 is 9.90 Å². The lowest BCUT2D eigenvalue weighted by Crippen LogP contribution is -2.40. The van der Waals surface area contributed by atoms with Crippen LogP contribution >= 0.6 is 11.6 Å². The average Bonchev–Trinajstić information content (AvgIpc) is 2.47. The number of nitrogens with zero attached hydrogens (tertiary/aromatic N) is 1. The van der Waals surface area contributed by atoms with Crippen LogP contribution in [0.15, 0.2) is 30.3 Å². The molecule has 114 valence electrons. The van der Waals surface area contributed by atoms with E-state index in [1.54, 1.807) is 6.08 Å². The summed E-state index contributed by atoms with van der Waals surface area (Å²) in [5.41, 5.74) is 1.88. The predicted molar refractivity (Wildman–Crippen MR) is 86.1 cm³/mol. The second kappa shape index (κ2) is 7.10. The summed E-state index contributed by atoms with van der Waals surface area (Å²) in [5, 5.41) is 10.3. The number of hydrogen-bond acceptors (Lipinski definition) is 2. The summed E-state index contributed by atoms with van der Waals surface area (Å²) in [6, 6.07) is 7.51. The van der Waals surface area contributed by atoms with Crippen molar-refractivity contribution in [3.05, 3.63) is 40.9 Å². The highest BCUT2D eigenvalue weighted by atomic mass is 35.5. The van der Waals surface area contributed by atoms with E-state index in [1.807, 2.05) is 43.0 Å². The zero-order chi connectivity index (χ0) is 15.4. The summed E-state index contributed by atoms with van der Waals surface area (Å²) in [6.45, 7) is 5.18. The molecule has 1 aromatic carbocycles. The number of aliphatic hydroxyl groups is 1. The van der Waals surface area contributed by atoms with Crippen LogP contribution in [0.4, 0.5) is 0 Å². The number of piperidine rings is 1. The summed E-state index contributed by atoms with van der Waals surface area (Å²) >= 11 is 5.97. The minimum atomic E-state index is -0.286. The van der Waals surface area contributed by atoms with E-state index in [0.717, 1.165) is 24.0 Å². The zero-order valence-electron chi connectivity index (χ0n) is 12.6. The molecule has 3 nitrogen and oxygen atoms in total. The molecule has 1 N–H and O–H groups in total. The highest BCUT2D eigenvalue weighted by Crippen LogP contribution is 2.22. The summed E-state index contributed by atoms with van der Waals surface area (Å²) in [6.07, 6.45) is 3.13. The summed E-state index contributed by atoms with van der Waals surface area (Å²) in [4.78, 5) is 14.2. The molecule has 1 unspecified atom stereocenters. The van der Waals surface area contributed by atoms with Gasteiger partial charge in [0.2, 0.25) is 5.91 Å². The number of benzene rings is 1. The van der Waals surface area contributed by atoms with Crippen LogP contribution in [0.2, 0.25) is 5.02 Å². The summed E-state index contributed by atoms with van der Waals surface area (Å²) in [7, 11) is 0. The van der Waals surface area contributed by atoms with Crippen molar-refractivity contribution in [1.82, 2.24) is 4.90 Å². The van der Waals surface area contributed by atoms with Gasteiger partial charge in [-0.2, -0.15) is 0 Å². The molecule has 1 amide bonds. The normalized spacial score (nSPS) is 18.7. The predicted octanol–water partition coefficient (Wildman–Crippen LogP) is 3.36. The first-order chi connectivity index (χ1) is 9.97. The second-order valence-corrected chi connectivity index (χ2v) is 6.18. The van der Waals surface area contributed by atoms with Crippen molar-refractivity contribution in [2.45, 2.75) is 32.8 Å². The van der Waals surface area contributed by atoms with E-state index >= 15 is 0 Å². The van der Waals surface area contributed by atoms with Gasteiger partial charge in [0.1, 0.15) is 0 Å². The monoisotopic (exact) mass is 307 g/mol. The van der Waals surface area contributed by atoms with Crippen LogP contribution in [0.1, 0.15) is 32.3 Å². The molecular formula is C17H22ClNO2. The van der Waals surface area contributed by atoms with E-state index in [0.29, 0.717) is 24.0 Å². The molecule has 4 heteroatoms. The van der Waals surface area contributed by atoms with E-state index in [-0.39, 0.29) is 12.0 Å². The van der Waals surface area contributed by atoms with Gasteiger partial charge in [0.05, 0.1) is 6.10 Å². The third kappa shape index (κ3) is 4.32. The van der Waals surface area contributed by atoms with Gasteiger partial charge in [0.25, 0.3) is 0 Å². The fraction of sp³-hybridized carbons (Fsp3) is 0.471. The van der Waals surface area contributed by atoms with E-state index in [4.69, 9.17) is 11.6 Å². The Labute approximate surface area is 131 Å². The number of likely N-dealkylation sites (tertiary alicyclic amines) is 1. The number of halogens is 1. The van der Waals surface area contributed by atoms with E-state index in [1.165, 1.54) is 0 Å². The number of hydrogen-bond donors (Lipinski definition) is 1. The van der Waals surface area contributed by atoms with Gasteiger partial charge in [0, 0.05) is 24.2 Å². The Bertz CT molecular complexity index is 531. The lowest BCUT2D eigenvalue weighted by atomic mass is 9.92. The van der Waals surface area contributed by atoms with Gasteiger partial charge >= 0.3 is 0 Å². The third-order valence-corrected chi connectivity index (χ3v) is 4.39. The fourth-order valence-electron chi connectivity index (χ4n) is 2.70. The molecule has 0 radical (unpaired) electrons. The van der Waals surface area contributed by atoms with E-state index in [9.17, 15) is 9.90 Å². The molecule has 1 aromatic rings. The van der Waals surface area contributed by atoms with Crippen LogP contribution in [0.5, 0.6) is 0 Å². The Morgan fingerprint density at radius 3 is 2.67 bits per heavy atom. The first-order valence-corrected chi connectivity index (χ1v) is 7.76. The molecule has 1 heterocycles. The van der Waals surface area contributed by atoms with E-state index < -0.39 is 0 Å². The number of aliphatic hydroxyl groups excluding tert-OH is 1. The van der Waals surface area contributed by atoms with Crippen molar-refractivity contribution in [3.63, 3.8) is 0 Å². The second-order valence-electron chi connectivity index (χ2n) is 5.74. The highest BCUT2D eigenvalue weighted by molar-refractivity contribution is 6.30. The van der Waals surface area contributed by atoms with Crippen LogP contribution in [0, 0.1) is 5.92 Å². The van der Waals surface area contributed by atoms with Crippen LogP contribution in [-0.2, 0) is 4.79 Å². The smallest absolute Gasteiger partial charge is 0.246 e. The minimum absolute atomic E-state index is 0.0384. The van der Waals surface area contributed by atoms with Gasteiger partial charge in [-0.1, -0.05) is 23.7 Å². The molecule has 1 aliphatic heterocycles. The van der Waals surface area contributed by atoms with E-state index in [2.05, 4.69) is 0 Å². The number of rotatable bonds is 3. The third-order valence-electron chi connectivity index (χ3n) is 4.15. The average molecular weight is 308 g/mol. The van der Waals surface area contributed by atoms with Gasteiger partial charge < -0.3 is 10.0 Å². The minimum Gasteiger partial charge on any atom is -0.393 e. The first kappa shape index (κ1) is 16.1. The molecule has 1 fully saturated rings. The summed E-state index contributed by atoms with van der Waals surface area (Å²) < 4.78 is 0. The SMILES string of the molecule is CC(=CC(=O)N1CCC(C(C)O)CC1)c1cccc(Cl)c1. The molecule has 0 bridgehead atoms. The van der Waals surface area contributed by atoms with Crippen LogP contribution < -0.4 is 0 Å². The number of amides is 1. The van der Waals surface area contributed by atoms with Crippen molar-refractivity contribution in [3.8, 4) is 0 Å². The number of allylic oxidation sites excluding steroid dienone is 1. The highest BCUT2D eigenvalue weighted by Gasteiger charge is 2.24. The lowest BCUT2D eigenvalue weighted by Gasteiger charge is -2.32. The van der Waals surface area contributed by atoms with Gasteiger partial charge in [-0.05, 0) is 55.9 Å². The number of carbonyl (C=O) groups is 1. The largest absolute Gasteiger partial charge is 0.393 e. The van der Waals surface area contributed by atoms with Crippen LogP contribution in [-0.4, -0.2) is 35.1 Å². The molecule has 1 saturated heterocycles. The molecule has 1 aliphatic rings. The van der Waals surface area contributed by atoms with Crippen molar-refractivity contribution in [2.75, 3.05) is 13.1 Å². The summed E-state index contributed by atoms with van der Waals surface area (Å²) in [5.74, 6) is 0.351. The standard InChI is InChI=1S/C17H22ClNO2/c1-12(15-4-3-5-16(18)11-15)10-17(21)19-8-6-14(7-9-19)13(2)20/h3-5,10-11,13-14,20H,6-9H2,1-2H3. The Morgan fingerprint density at radius 1 is 1.43 bits per heavy atom. The van der Waals surface area contributed by atoms with Crippen molar-refractivity contribution >= 4 is 23.1 Å². The van der Waals surface area contributed by atoms with Gasteiger partial charge in [-0.25, -0.2) is 0 Å². The molecule has 1 atom stereocenters. The molecule has 0 saturated carbocycles. The van der Waals surface area contributed by atoms with Gasteiger partial charge in [0.15, 0.2) is 0 Å². The van der Waals surface area contributed by atoms with Crippen LogP contribution in [0.25, 0.3) is 5.57 Å². The molecule has 0 aromatic heterocycles. The van der Waals surface area contributed by atoms with Crippen molar-refractivity contribution in [2.24, 2.45) is 5.92 Å².